The molecule has 0 spiro atoms. The summed E-state index contributed by atoms with van der Waals surface area (Å²) in [6.45, 7) is 0. The molecule has 0 radical (unpaired) electrons. The van der Waals surface area contributed by atoms with Crippen LogP contribution in [0.1, 0.15) is 0 Å². The van der Waals surface area contributed by atoms with Gasteiger partial charge in [-0.05, 0) is 0 Å². The van der Waals surface area contributed by atoms with E-state index in [2.05, 4.69) is 0 Å². The predicted octanol–water partition coefficient (Wildman–Crippen LogP) is -2.31. The van der Waals surface area contributed by atoms with Gasteiger partial charge in [-0.15, -0.1) is 0 Å². The van der Waals surface area contributed by atoms with Crippen LogP contribution >= 0.6 is 0 Å². The second-order valence-electron chi connectivity index (χ2n) is 0.565. The Morgan fingerprint density at radius 2 is 1.22 bits per heavy atom. The van der Waals surface area contributed by atoms with Crippen LogP contribution in [0.5, 0.6) is 0 Å². The van der Waals surface area contributed by atoms with Crippen LogP contribution in [0, 0.1) is 0 Å². The topological polar surface area (TPSA) is 115 Å². The van der Waals surface area contributed by atoms with E-state index in [-0.39, 0.29) is 48.9 Å². The fourth-order valence-electron chi connectivity index (χ4n) is 0. The molecule has 0 aliphatic rings. The van der Waals surface area contributed by atoms with Crippen molar-refractivity contribution in [3.8, 4) is 0 Å². The van der Waals surface area contributed by atoms with Gasteiger partial charge >= 0.3 is 64.2 Å². The van der Waals surface area contributed by atoms with Crippen LogP contribution in [-0.4, -0.2) is 84.0 Å². The Hall–Kier alpha value is 0.458. The first-order chi connectivity index (χ1) is 3.46. The molecule has 0 fully saturated rings. The number of rotatable bonds is 0. The molecule has 0 saturated carbocycles. The van der Waals surface area contributed by atoms with Gasteiger partial charge in [-0.3, -0.25) is 4.46 Å². The molecule has 4 N–H and O–H groups in total. The van der Waals surface area contributed by atoms with Crippen LogP contribution in [0.4, 0.5) is 4.79 Å². The first-order valence-electron chi connectivity index (χ1n) is 1.30. The number of hydrogen-bond donors (Lipinski definition) is 4. The molecule has 6 nitrogen and oxygen atoms in total. The van der Waals surface area contributed by atoms with Gasteiger partial charge in [0.15, 0.2) is 0 Å². The van der Waals surface area contributed by atoms with Gasteiger partial charge in [0.05, 0.1) is 0 Å². The zero-order chi connectivity index (χ0) is 7.15. The van der Waals surface area contributed by atoms with Crippen molar-refractivity contribution < 1.29 is 29.1 Å². The molecular formula is CH6BaO6Si. The molecule has 0 unspecified atom stereocenters. The molecule has 0 heterocycles. The average Bonchev–Trinajstić information content (AvgIpc) is 1.25. The molecule has 8 heteroatoms. The Morgan fingerprint density at radius 1 is 1.22 bits per heavy atom. The second kappa shape index (κ2) is 11.3. The van der Waals surface area contributed by atoms with Crippen molar-refractivity contribution in [3.05, 3.63) is 0 Å². The maximum atomic E-state index is 8.74. The summed E-state index contributed by atoms with van der Waals surface area (Å²) in [5, 5.41) is 13.9. The van der Waals surface area contributed by atoms with Crippen molar-refractivity contribution in [3.63, 3.8) is 0 Å². The van der Waals surface area contributed by atoms with Crippen molar-refractivity contribution in [1.29, 1.82) is 0 Å². The third kappa shape index (κ3) is 1680. The van der Waals surface area contributed by atoms with Crippen molar-refractivity contribution >= 4 is 64.2 Å². The van der Waals surface area contributed by atoms with Crippen LogP contribution in [0.15, 0.2) is 0 Å². The molecule has 0 amide bonds. The fourth-order valence-corrected chi connectivity index (χ4v) is 0. The summed E-state index contributed by atoms with van der Waals surface area (Å²) in [6.07, 6.45) is -1.83. The van der Waals surface area contributed by atoms with Crippen LogP contribution in [0.25, 0.3) is 0 Å². The standard InChI is InChI=1S/CH2O3.Ba.H2O3Si.2H/c2-1(3)4;;1-4(2)3;;/h(H2,2,3,4);;1-2H;;. The zero-order valence-electron chi connectivity index (χ0n) is 3.61. The summed E-state index contributed by atoms with van der Waals surface area (Å²) >= 11 is 0. The molecule has 0 aliphatic heterocycles. The summed E-state index contributed by atoms with van der Waals surface area (Å²) < 4.78 is 8.74. The minimum absolute atomic E-state index is 0. The average molecular weight is 279 g/mol. The Balaban J connectivity index is -0.0000000720. The van der Waals surface area contributed by atoms with E-state index in [9.17, 15) is 0 Å². The van der Waals surface area contributed by atoms with Gasteiger partial charge in [-0.1, -0.05) is 0 Å². The molecule has 52 valence electrons. The van der Waals surface area contributed by atoms with Crippen LogP contribution < -0.4 is 0 Å². The normalized spacial score (nSPS) is 5.33. The fraction of sp³-hybridized carbons (Fsp3) is 0. The number of carboxylic acid groups (broad SMARTS) is 2. The molecule has 0 saturated heterocycles. The first-order valence-corrected chi connectivity index (χ1v) is 2.61. The first kappa shape index (κ1) is 16.2. The molecule has 0 atom stereocenters. The third-order valence-corrected chi connectivity index (χ3v) is 0. The number of hydrogen-bond acceptors (Lipinski definition) is 2. The Morgan fingerprint density at radius 3 is 1.22 bits per heavy atom. The van der Waals surface area contributed by atoms with E-state index in [4.69, 9.17) is 29.1 Å². The Kier molecular flexibility index (Phi) is 20.3. The molecule has 0 aromatic rings. The van der Waals surface area contributed by atoms with E-state index < -0.39 is 15.3 Å². The maximum absolute atomic E-state index is 8.74. The van der Waals surface area contributed by atoms with Gasteiger partial charge in [0, 0.05) is 0 Å². The van der Waals surface area contributed by atoms with E-state index in [1.807, 2.05) is 0 Å². The summed E-state index contributed by atoms with van der Waals surface area (Å²) in [5.74, 6) is 0. The molecule has 0 aromatic heterocycles. The van der Waals surface area contributed by atoms with Crippen molar-refractivity contribution in [2.75, 3.05) is 0 Å². The second-order valence-corrected chi connectivity index (χ2v) is 1.13. The SMILES string of the molecule is O=C(O)O.O=[Si](O)O.[BaH2]. The van der Waals surface area contributed by atoms with Gasteiger partial charge in [-0.2, -0.15) is 0 Å². The van der Waals surface area contributed by atoms with Crippen molar-refractivity contribution in [2.45, 2.75) is 0 Å². The molecular weight excluding hydrogens is 273 g/mol. The monoisotopic (exact) mass is 280 g/mol. The van der Waals surface area contributed by atoms with Gasteiger partial charge < -0.3 is 19.8 Å². The van der Waals surface area contributed by atoms with E-state index in [0.29, 0.717) is 0 Å². The van der Waals surface area contributed by atoms with Gasteiger partial charge in [0.1, 0.15) is 0 Å². The van der Waals surface area contributed by atoms with Crippen LogP contribution in [0.3, 0.4) is 0 Å². The van der Waals surface area contributed by atoms with Crippen LogP contribution in [-0.2, 0) is 4.46 Å². The van der Waals surface area contributed by atoms with Gasteiger partial charge in [0.25, 0.3) is 0 Å². The molecule has 0 aliphatic carbocycles. The molecule has 0 aromatic carbocycles. The van der Waals surface area contributed by atoms with Crippen molar-refractivity contribution in [1.82, 2.24) is 0 Å². The van der Waals surface area contributed by atoms with Gasteiger partial charge in [-0.25, -0.2) is 4.79 Å². The van der Waals surface area contributed by atoms with Crippen LogP contribution in [0.2, 0.25) is 0 Å². The Bertz CT molecular complexity index is 71.1. The molecule has 0 bridgehead atoms. The minimum atomic E-state index is -3.13. The van der Waals surface area contributed by atoms with Crippen molar-refractivity contribution in [2.24, 2.45) is 0 Å². The predicted molar refractivity (Wildman–Crippen MR) is 30.1 cm³/mol. The van der Waals surface area contributed by atoms with E-state index in [1.54, 1.807) is 0 Å². The summed E-state index contributed by atoms with van der Waals surface area (Å²) in [4.78, 5) is 22.9. The molecule has 0 rings (SSSR count). The Labute approximate surface area is 92.1 Å². The summed E-state index contributed by atoms with van der Waals surface area (Å²) in [5.41, 5.74) is 0. The van der Waals surface area contributed by atoms with Gasteiger partial charge in [0.2, 0.25) is 0 Å². The molecule has 9 heavy (non-hydrogen) atoms. The third-order valence-electron chi connectivity index (χ3n) is 0. The summed E-state index contributed by atoms with van der Waals surface area (Å²) in [7, 11) is -3.13. The number of carbonyl (C=O) groups is 1. The van der Waals surface area contributed by atoms with E-state index in [0.717, 1.165) is 0 Å². The van der Waals surface area contributed by atoms with E-state index in [1.165, 1.54) is 0 Å². The quantitative estimate of drug-likeness (QED) is 0.371. The summed E-state index contributed by atoms with van der Waals surface area (Å²) in [6, 6.07) is 0. The zero-order valence-corrected chi connectivity index (χ0v) is 4.61. The van der Waals surface area contributed by atoms with E-state index >= 15 is 0 Å².